The molecule has 0 aromatic rings. The van der Waals surface area contributed by atoms with E-state index in [0.717, 1.165) is 0 Å². The monoisotopic (exact) mass is 96.1 g/mol. The zero-order valence-corrected chi connectivity index (χ0v) is 4.26. The molecule has 1 heteroatoms. The number of aliphatic hydroxyl groups is 1. The van der Waals surface area contributed by atoms with Gasteiger partial charge in [0.1, 0.15) is 6.10 Å². The lowest BCUT2D eigenvalue weighted by Gasteiger charge is -1.87. The van der Waals surface area contributed by atoms with E-state index in [1.54, 1.807) is 19.1 Å². The van der Waals surface area contributed by atoms with E-state index in [9.17, 15) is 0 Å². The highest BCUT2D eigenvalue weighted by Crippen LogP contribution is 1.79. The Morgan fingerprint density at radius 3 is 2.57 bits per heavy atom. The predicted octanol–water partition coefficient (Wildman–Crippen LogP) is 0.557. The van der Waals surface area contributed by atoms with E-state index in [2.05, 4.69) is 5.92 Å². The molecule has 0 aliphatic heterocycles. The normalized spacial score (nSPS) is 13.9. The summed E-state index contributed by atoms with van der Waals surface area (Å²) in [5.74, 6) is 2.13. The van der Waals surface area contributed by atoms with Gasteiger partial charge in [0.05, 0.1) is 0 Å². The van der Waals surface area contributed by atoms with Gasteiger partial charge in [-0.2, -0.15) is 0 Å². The van der Waals surface area contributed by atoms with Gasteiger partial charge in [-0.3, -0.25) is 0 Å². The summed E-state index contributed by atoms with van der Waals surface area (Å²) in [6.07, 6.45) is 7.36. The van der Waals surface area contributed by atoms with Gasteiger partial charge in [0.15, 0.2) is 0 Å². The molecule has 0 heterocycles. The predicted molar refractivity (Wildman–Crippen MR) is 29.7 cm³/mol. The van der Waals surface area contributed by atoms with E-state index < -0.39 is 6.10 Å². The van der Waals surface area contributed by atoms with Gasteiger partial charge < -0.3 is 5.11 Å². The Morgan fingerprint density at radius 2 is 2.43 bits per heavy atom. The Labute approximate surface area is 43.7 Å². The lowest BCUT2D eigenvalue weighted by atomic mass is 10.3. The second-order valence-electron chi connectivity index (χ2n) is 1.14. The fourth-order valence-electron chi connectivity index (χ4n) is 0.238. The van der Waals surface area contributed by atoms with Crippen LogP contribution in [0.3, 0.4) is 0 Å². The van der Waals surface area contributed by atoms with Crippen molar-refractivity contribution in [1.82, 2.24) is 0 Å². The molecule has 0 fully saturated rings. The third-order valence-corrected chi connectivity index (χ3v) is 0.546. The smallest absolute Gasteiger partial charge is 0.133 e. The summed E-state index contributed by atoms with van der Waals surface area (Å²) < 4.78 is 0. The van der Waals surface area contributed by atoms with Crippen LogP contribution in [-0.2, 0) is 0 Å². The first-order valence-corrected chi connectivity index (χ1v) is 2.08. The molecule has 0 aromatic carbocycles. The second kappa shape index (κ2) is 3.45. The van der Waals surface area contributed by atoms with Crippen LogP contribution in [0.1, 0.15) is 6.92 Å². The van der Waals surface area contributed by atoms with Crippen molar-refractivity contribution in [2.75, 3.05) is 0 Å². The summed E-state index contributed by atoms with van der Waals surface area (Å²) in [6.45, 7) is 1.81. The van der Waals surface area contributed by atoms with Gasteiger partial charge in [-0.15, -0.1) is 6.42 Å². The van der Waals surface area contributed by atoms with Crippen molar-refractivity contribution in [3.8, 4) is 12.3 Å². The first-order valence-electron chi connectivity index (χ1n) is 2.08. The first kappa shape index (κ1) is 6.26. The molecule has 0 saturated heterocycles. The largest absolute Gasteiger partial charge is 0.377 e. The quantitative estimate of drug-likeness (QED) is 0.373. The van der Waals surface area contributed by atoms with Crippen LogP contribution in [0, 0.1) is 12.3 Å². The fourth-order valence-corrected chi connectivity index (χ4v) is 0.238. The number of terminal acetylenes is 1. The maximum Gasteiger partial charge on any atom is 0.133 e. The highest BCUT2D eigenvalue weighted by molar-refractivity contribution is 5.04. The molecule has 0 spiro atoms. The van der Waals surface area contributed by atoms with E-state index in [0.29, 0.717) is 0 Å². The minimum Gasteiger partial charge on any atom is -0.377 e. The van der Waals surface area contributed by atoms with Crippen molar-refractivity contribution in [3.63, 3.8) is 0 Å². The van der Waals surface area contributed by atoms with Gasteiger partial charge in [-0.25, -0.2) is 0 Å². The zero-order valence-electron chi connectivity index (χ0n) is 4.26. The van der Waals surface area contributed by atoms with Gasteiger partial charge in [0.2, 0.25) is 0 Å². The van der Waals surface area contributed by atoms with Crippen molar-refractivity contribution < 1.29 is 5.11 Å². The Morgan fingerprint density at radius 1 is 1.86 bits per heavy atom. The van der Waals surface area contributed by atoms with E-state index in [4.69, 9.17) is 11.5 Å². The van der Waals surface area contributed by atoms with E-state index in [1.807, 2.05) is 0 Å². The Balaban J connectivity index is 3.42. The van der Waals surface area contributed by atoms with Crippen molar-refractivity contribution in [2.45, 2.75) is 13.0 Å². The molecule has 0 saturated carbocycles. The van der Waals surface area contributed by atoms with Gasteiger partial charge >= 0.3 is 0 Å². The molecule has 0 bridgehead atoms. The molecule has 38 valence electrons. The summed E-state index contributed by atoms with van der Waals surface area (Å²) in [7, 11) is 0. The number of allylic oxidation sites excluding steroid dienone is 1. The highest BCUT2D eigenvalue weighted by Gasteiger charge is 1.83. The maximum absolute atomic E-state index is 8.54. The zero-order chi connectivity index (χ0) is 5.70. The van der Waals surface area contributed by atoms with Crippen LogP contribution in [-0.4, -0.2) is 11.2 Å². The van der Waals surface area contributed by atoms with Gasteiger partial charge in [-0.05, 0) is 13.0 Å². The van der Waals surface area contributed by atoms with Crippen molar-refractivity contribution in [2.24, 2.45) is 0 Å². The number of hydrogen-bond donors (Lipinski definition) is 1. The van der Waals surface area contributed by atoms with Crippen molar-refractivity contribution in [1.29, 1.82) is 0 Å². The van der Waals surface area contributed by atoms with Crippen LogP contribution >= 0.6 is 0 Å². The summed E-state index contributed by atoms with van der Waals surface area (Å²) >= 11 is 0. The lowest BCUT2D eigenvalue weighted by molar-refractivity contribution is 0.281. The van der Waals surface area contributed by atoms with Gasteiger partial charge in [-0.1, -0.05) is 12.0 Å². The average Bonchev–Trinajstić information content (AvgIpc) is 1.68. The van der Waals surface area contributed by atoms with Crippen LogP contribution in [0.4, 0.5) is 0 Å². The van der Waals surface area contributed by atoms with Gasteiger partial charge in [0, 0.05) is 0 Å². The summed E-state index contributed by atoms with van der Waals surface area (Å²) in [4.78, 5) is 0. The molecule has 7 heavy (non-hydrogen) atoms. The lowest BCUT2D eigenvalue weighted by Crippen LogP contribution is -1.94. The molecule has 0 aromatic heterocycles. The molecular weight excluding hydrogens is 88.1 g/mol. The second-order valence-corrected chi connectivity index (χ2v) is 1.14. The average molecular weight is 96.1 g/mol. The molecule has 1 N–H and O–H groups in total. The number of rotatable bonds is 1. The van der Waals surface area contributed by atoms with Gasteiger partial charge in [0.25, 0.3) is 0 Å². The fraction of sp³-hybridized carbons (Fsp3) is 0.333. The number of aliphatic hydroxyl groups excluding tert-OH is 1. The number of hydrogen-bond acceptors (Lipinski definition) is 1. The van der Waals surface area contributed by atoms with E-state index >= 15 is 0 Å². The van der Waals surface area contributed by atoms with E-state index in [-0.39, 0.29) is 0 Å². The molecule has 0 radical (unpaired) electrons. The molecule has 1 nitrogen and oxygen atoms in total. The molecule has 0 rings (SSSR count). The topological polar surface area (TPSA) is 20.2 Å². The van der Waals surface area contributed by atoms with Crippen LogP contribution < -0.4 is 0 Å². The molecular formula is C6H8O. The molecule has 0 amide bonds. The summed E-state index contributed by atoms with van der Waals surface area (Å²) in [6, 6.07) is 0. The van der Waals surface area contributed by atoms with E-state index in [1.165, 1.54) is 0 Å². The van der Waals surface area contributed by atoms with Crippen LogP contribution in [0.15, 0.2) is 12.2 Å². The van der Waals surface area contributed by atoms with Crippen LogP contribution in [0.2, 0.25) is 0 Å². The standard InChI is InChI=1S/C6H8O/c1-3-5-6(7)4-2/h2-3,5-7H,1H3/b5-3+/t6-/m1/s1. The molecule has 0 unspecified atom stereocenters. The van der Waals surface area contributed by atoms with Crippen molar-refractivity contribution in [3.05, 3.63) is 12.2 Å². The third-order valence-electron chi connectivity index (χ3n) is 0.546. The highest BCUT2D eigenvalue weighted by atomic mass is 16.3. The minimum atomic E-state index is -0.704. The van der Waals surface area contributed by atoms with Crippen LogP contribution in [0.5, 0.6) is 0 Å². The SMILES string of the molecule is C#C[C@@H](O)/C=C/C. The first-order chi connectivity index (χ1) is 3.31. The Bertz CT molecular complexity index is 97.2. The Hall–Kier alpha value is -0.740. The Kier molecular flexibility index (Phi) is 3.09. The molecule has 0 aliphatic rings. The maximum atomic E-state index is 8.54. The van der Waals surface area contributed by atoms with Crippen LogP contribution in [0.25, 0.3) is 0 Å². The summed E-state index contributed by atoms with van der Waals surface area (Å²) in [5.41, 5.74) is 0. The van der Waals surface area contributed by atoms with Crippen molar-refractivity contribution >= 4 is 0 Å². The summed E-state index contributed by atoms with van der Waals surface area (Å²) in [5, 5.41) is 8.54. The third kappa shape index (κ3) is 3.08. The molecule has 1 atom stereocenters. The minimum absolute atomic E-state index is 0.704. The molecule has 0 aliphatic carbocycles.